The monoisotopic (exact) mass is 481 g/mol. The number of halogens is 2. The van der Waals surface area contributed by atoms with Gasteiger partial charge in [-0.05, 0) is 69.4 Å². The maximum Gasteiger partial charge on any atom is 0.0848 e. The number of nitrogens with zero attached hydrogens (tertiary/aromatic N) is 1. The van der Waals surface area contributed by atoms with Crippen LogP contribution in [0.3, 0.4) is 0 Å². The lowest BCUT2D eigenvalue weighted by Gasteiger charge is -2.05. The summed E-state index contributed by atoms with van der Waals surface area (Å²) in [4.78, 5) is 4.46. The summed E-state index contributed by atoms with van der Waals surface area (Å²) in [5.74, 6) is 6.50. The summed E-state index contributed by atoms with van der Waals surface area (Å²) in [6.07, 6.45) is 1.83. The largest absolute Gasteiger partial charge is 0.255 e. The molecule has 0 aliphatic heterocycles. The minimum atomic E-state index is 1.02. The van der Waals surface area contributed by atoms with E-state index in [2.05, 4.69) is 74.1 Å². The zero-order valence-corrected chi connectivity index (χ0v) is 14.7. The van der Waals surface area contributed by atoms with Crippen molar-refractivity contribution in [2.24, 2.45) is 0 Å². The number of hydrogen-bond donors (Lipinski definition) is 0. The van der Waals surface area contributed by atoms with Crippen molar-refractivity contribution in [3.63, 3.8) is 0 Å². The van der Waals surface area contributed by atoms with E-state index < -0.39 is 0 Å². The van der Waals surface area contributed by atoms with Gasteiger partial charge in [-0.1, -0.05) is 36.1 Å². The van der Waals surface area contributed by atoms with Gasteiger partial charge < -0.3 is 0 Å². The Morgan fingerprint density at radius 1 is 0.900 bits per heavy atom. The standard InChI is InChI=1S/C17H9I2N/c18-15-11-13-7-4-10-20-17(13)16(19)14(15)9-8-12-5-2-1-3-6-12/h1-7,10-11H. The van der Waals surface area contributed by atoms with Crippen molar-refractivity contribution >= 4 is 56.1 Å². The highest BCUT2D eigenvalue weighted by molar-refractivity contribution is 14.1. The number of benzene rings is 2. The fraction of sp³-hybridized carbons (Fsp3) is 0. The molecule has 2 aromatic carbocycles. The molecule has 1 heterocycles. The zero-order valence-electron chi connectivity index (χ0n) is 10.4. The maximum absolute atomic E-state index is 4.46. The second kappa shape index (κ2) is 6.10. The van der Waals surface area contributed by atoms with Crippen molar-refractivity contribution in [2.45, 2.75) is 0 Å². The molecule has 0 fully saturated rings. The third-order valence-electron chi connectivity index (χ3n) is 2.89. The summed E-state index contributed by atoms with van der Waals surface area (Å²) in [6, 6.07) is 16.2. The summed E-state index contributed by atoms with van der Waals surface area (Å²) < 4.78 is 2.28. The van der Waals surface area contributed by atoms with Crippen molar-refractivity contribution in [2.75, 3.05) is 0 Å². The molecule has 0 radical (unpaired) electrons. The first-order valence-electron chi connectivity index (χ1n) is 6.05. The van der Waals surface area contributed by atoms with E-state index in [1.807, 2.05) is 42.6 Å². The summed E-state index contributed by atoms with van der Waals surface area (Å²) in [6.45, 7) is 0. The Morgan fingerprint density at radius 3 is 2.50 bits per heavy atom. The van der Waals surface area contributed by atoms with Crippen LogP contribution in [-0.2, 0) is 0 Å². The summed E-state index contributed by atoms with van der Waals surface area (Å²) in [5.41, 5.74) is 3.10. The molecule has 1 aromatic heterocycles. The molecule has 0 atom stereocenters. The van der Waals surface area contributed by atoms with Gasteiger partial charge in [-0.25, -0.2) is 0 Å². The lowest BCUT2D eigenvalue weighted by Crippen LogP contribution is -1.92. The number of aromatic nitrogens is 1. The van der Waals surface area contributed by atoms with Crippen LogP contribution >= 0.6 is 45.2 Å². The Hall–Kier alpha value is -1.13. The van der Waals surface area contributed by atoms with Crippen LogP contribution in [0.1, 0.15) is 11.1 Å². The molecule has 0 aliphatic carbocycles. The Bertz CT molecular complexity index is 830. The van der Waals surface area contributed by atoms with Crippen LogP contribution in [-0.4, -0.2) is 4.98 Å². The first-order valence-corrected chi connectivity index (χ1v) is 8.21. The molecule has 3 heteroatoms. The van der Waals surface area contributed by atoms with Gasteiger partial charge in [0.15, 0.2) is 0 Å². The Kier molecular flexibility index (Phi) is 4.22. The Balaban J connectivity index is 2.15. The third kappa shape index (κ3) is 2.81. The smallest absolute Gasteiger partial charge is 0.0848 e. The van der Waals surface area contributed by atoms with Gasteiger partial charge in [0, 0.05) is 20.7 Å². The molecular formula is C17H9I2N. The van der Waals surface area contributed by atoms with Gasteiger partial charge in [0.05, 0.1) is 14.7 Å². The molecule has 0 unspecified atom stereocenters. The van der Waals surface area contributed by atoms with Crippen molar-refractivity contribution in [3.8, 4) is 11.8 Å². The van der Waals surface area contributed by atoms with Crippen LogP contribution in [0.4, 0.5) is 0 Å². The van der Waals surface area contributed by atoms with Gasteiger partial charge >= 0.3 is 0 Å². The number of pyridine rings is 1. The summed E-state index contributed by atoms with van der Waals surface area (Å²) in [7, 11) is 0. The average Bonchev–Trinajstić information content (AvgIpc) is 2.48. The lowest BCUT2D eigenvalue weighted by molar-refractivity contribution is 1.39. The van der Waals surface area contributed by atoms with Gasteiger partial charge in [0.25, 0.3) is 0 Å². The fourth-order valence-electron chi connectivity index (χ4n) is 1.92. The van der Waals surface area contributed by atoms with Crippen LogP contribution in [0.5, 0.6) is 0 Å². The quantitative estimate of drug-likeness (QED) is 0.331. The molecule has 0 saturated heterocycles. The van der Waals surface area contributed by atoms with Crippen molar-refractivity contribution in [1.29, 1.82) is 0 Å². The molecule has 0 bridgehead atoms. The van der Waals surface area contributed by atoms with Crippen LogP contribution in [0, 0.1) is 19.0 Å². The molecule has 0 N–H and O–H groups in total. The lowest BCUT2D eigenvalue weighted by atomic mass is 10.1. The van der Waals surface area contributed by atoms with E-state index in [0.29, 0.717) is 0 Å². The minimum absolute atomic E-state index is 1.02. The average molecular weight is 481 g/mol. The SMILES string of the molecule is Ic1cc2cccnc2c(I)c1C#Cc1ccccc1. The van der Waals surface area contributed by atoms with Crippen molar-refractivity contribution in [1.82, 2.24) is 4.98 Å². The highest BCUT2D eigenvalue weighted by Gasteiger charge is 2.08. The molecule has 0 spiro atoms. The number of fused-ring (bicyclic) bond motifs is 1. The third-order valence-corrected chi connectivity index (χ3v) is 4.79. The highest BCUT2D eigenvalue weighted by atomic mass is 127. The molecule has 3 rings (SSSR count). The molecular weight excluding hydrogens is 472 g/mol. The highest BCUT2D eigenvalue weighted by Crippen LogP contribution is 2.26. The Morgan fingerprint density at radius 2 is 1.70 bits per heavy atom. The number of rotatable bonds is 0. The topological polar surface area (TPSA) is 12.9 Å². The molecule has 0 aliphatic rings. The van der Waals surface area contributed by atoms with Gasteiger partial charge in [0.2, 0.25) is 0 Å². The van der Waals surface area contributed by atoms with E-state index in [9.17, 15) is 0 Å². The molecule has 1 nitrogen and oxygen atoms in total. The van der Waals surface area contributed by atoms with E-state index in [1.54, 1.807) is 0 Å². The van der Waals surface area contributed by atoms with E-state index in [4.69, 9.17) is 0 Å². The predicted molar refractivity (Wildman–Crippen MR) is 99.6 cm³/mol. The van der Waals surface area contributed by atoms with E-state index in [1.165, 1.54) is 0 Å². The zero-order chi connectivity index (χ0) is 13.9. The van der Waals surface area contributed by atoms with Gasteiger partial charge in [0.1, 0.15) is 0 Å². The van der Waals surface area contributed by atoms with Gasteiger partial charge in [-0.2, -0.15) is 0 Å². The van der Waals surface area contributed by atoms with E-state index in [-0.39, 0.29) is 0 Å². The second-order valence-corrected chi connectivity index (χ2v) is 6.48. The second-order valence-electron chi connectivity index (χ2n) is 4.24. The van der Waals surface area contributed by atoms with Crippen LogP contribution in [0.15, 0.2) is 54.7 Å². The normalized spacial score (nSPS) is 10.1. The molecule has 0 amide bonds. The first kappa shape index (κ1) is 13.8. The van der Waals surface area contributed by atoms with Crippen molar-refractivity contribution < 1.29 is 0 Å². The van der Waals surface area contributed by atoms with E-state index in [0.717, 1.165) is 29.2 Å². The van der Waals surface area contributed by atoms with E-state index >= 15 is 0 Å². The molecule has 20 heavy (non-hydrogen) atoms. The van der Waals surface area contributed by atoms with Gasteiger partial charge in [-0.3, -0.25) is 4.98 Å². The summed E-state index contributed by atoms with van der Waals surface area (Å²) >= 11 is 4.68. The van der Waals surface area contributed by atoms with Gasteiger partial charge in [-0.15, -0.1) is 0 Å². The first-order chi connectivity index (χ1) is 9.75. The van der Waals surface area contributed by atoms with Crippen molar-refractivity contribution in [3.05, 3.63) is 73.0 Å². The fourth-order valence-corrected chi connectivity index (χ4v) is 4.05. The van der Waals surface area contributed by atoms with Crippen LogP contribution in [0.2, 0.25) is 0 Å². The molecule has 0 saturated carbocycles. The maximum atomic E-state index is 4.46. The number of hydrogen-bond acceptors (Lipinski definition) is 1. The van der Waals surface area contributed by atoms with Crippen LogP contribution < -0.4 is 0 Å². The molecule has 3 aromatic rings. The molecule has 96 valence electrons. The van der Waals surface area contributed by atoms with Crippen LogP contribution in [0.25, 0.3) is 10.9 Å². The predicted octanol–water partition coefficient (Wildman–Crippen LogP) is 4.84. The Labute approximate surface area is 145 Å². The minimum Gasteiger partial charge on any atom is -0.255 e. The summed E-state index contributed by atoms with van der Waals surface area (Å²) in [5, 5.41) is 1.16.